The number of piperazine rings is 1. The molecule has 0 radical (unpaired) electrons. The van der Waals surface area contributed by atoms with Gasteiger partial charge in [0.05, 0.1) is 6.54 Å². The highest BCUT2D eigenvalue weighted by atomic mass is 16.2. The van der Waals surface area contributed by atoms with Gasteiger partial charge >= 0.3 is 0 Å². The van der Waals surface area contributed by atoms with Crippen molar-refractivity contribution in [2.24, 2.45) is 0 Å². The summed E-state index contributed by atoms with van der Waals surface area (Å²) < 4.78 is 0. The van der Waals surface area contributed by atoms with Crippen LogP contribution in [-0.4, -0.2) is 37.0 Å². The molecule has 3 aromatic carbocycles. The molecule has 0 atom stereocenters. The normalized spacial score (nSPS) is 16.3. The van der Waals surface area contributed by atoms with Crippen molar-refractivity contribution in [1.29, 1.82) is 0 Å². The van der Waals surface area contributed by atoms with Gasteiger partial charge in [-0.3, -0.25) is 4.79 Å². The number of hydrogen-bond donors (Lipinski definition) is 0. The molecule has 5 rings (SSSR count). The van der Waals surface area contributed by atoms with Crippen molar-refractivity contribution in [1.82, 2.24) is 4.90 Å². The van der Waals surface area contributed by atoms with Crippen LogP contribution in [0.1, 0.15) is 28.7 Å². The molecule has 0 N–H and O–H groups in total. The lowest BCUT2D eigenvalue weighted by molar-refractivity contribution is -0.119. The summed E-state index contributed by atoms with van der Waals surface area (Å²) in [6, 6.07) is 25.6. The van der Waals surface area contributed by atoms with E-state index in [1.54, 1.807) is 0 Å². The standard InChI is InChI=1S/C30H33N3O/c1-24-7-5-11-28(21-24)32-19-17-31(18-20-32)16-6-10-25-12-14-29-27(22-25)13-15-30(34)33(29)23-26-8-3-2-4-9-26/h2-9,11-12,14,16,21-22H,10,13,15,17-20,23H2,1H3. The maximum atomic E-state index is 12.6. The molecule has 1 fully saturated rings. The molecular formula is C30H33N3O. The summed E-state index contributed by atoms with van der Waals surface area (Å²) in [7, 11) is 0. The Labute approximate surface area is 203 Å². The Kier molecular flexibility index (Phi) is 6.66. The van der Waals surface area contributed by atoms with Crippen LogP contribution in [0.25, 0.3) is 0 Å². The van der Waals surface area contributed by atoms with Crippen LogP contribution in [0.5, 0.6) is 0 Å². The lowest BCUT2D eigenvalue weighted by atomic mass is 9.97. The molecule has 34 heavy (non-hydrogen) atoms. The monoisotopic (exact) mass is 451 g/mol. The SMILES string of the molecule is Cc1cccc(N2CCN(C=CCc3ccc4c(c3)CCC(=O)N4Cc3ccccc3)CC2)c1. The second kappa shape index (κ2) is 10.2. The number of carbonyl (C=O) groups excluding carboxylic acids is 1. The molecule has 1 amide bonds. The van der Waals surface area contributed by atoms with Gasteiger partial charge < -0.3 is 14.7 Å². The summed E-state index contributed by atoms with van der Waals surface area (Å²) in [4.78, 5) is 19.5. The van der Waals surface area contributed by atoms with E-state index in [1.807, 2.05) is 23.1 Å². The first kappa shape index (κ1) is 22.3. The van der Waals surface area contributed by atoms with Crippen molar-refractivity contribution in [3.63, 3.8) is 0 Å². The second-order valence-electron chi connectivity index (χ2n) is 9.38. The Morgan fingerprint density at radius 2 is 1.65 bits per heavy atom. The van der Waals surface area contributed by atoms with E-state index in [0.717, 1.165) is 44.7 Å². The molecule has 0 saturated carbocycles. The zero-order valence-electron chi connectivity index (χ0n) is 20.0. The number of aryl methyl sites for hydroxylation is 2. The molecule has 3 aromatic rings. The third-order valence-corrected chi connectivity index (χ3v) is 6.88. The Hall–Kier alpha value is -3.53. The first-order valence-corrected chi connectivity index (χ1v) is 12.3. The third kappa shape index (κ3) is 5.17. The van der Waals surface area contributed by atoms with Gasteiger partial charge in [0, 0.05) is 44.0 Å². The first-order chi connectivity index (χ1) is 16.7. The molecule has 0 bridgehead atoms. The van der Waals surface area contributed by atoms with Gasteiger partial charge in [-0.25, -0.2) is 0 Å². The number of amides is 1. The van der Waals surface area contributed by atoms with Gasteiger partial charge in [-0.2, -0.15) is 0 Å². The number of rotatable bonds is 6. The van der Waals surface area contributed by atoms with E-state index < -0.39 is 0 Å². The smallest absolute Gasteiger partial charge is 0.227 e. The number of hydrogen-bond acceptors (Lipinski definition) is 3. The summed E-state index contributed by atoms with van der Waals surface area (Å²) in [6.45, 7) is 6.99. The Morgan fingerprint density at radius 3 is 2.44 bits per heavy atom. The van der Waals surface area contributed by atoms with E-state index in [4.69, 9.17) is 0 Å². The van der Waals surface area contributed by atoms with Crippen LogP contribution < -0.4 is 9.80 Å². The van der Waals surface area contributed by atoms with Crippen molar-refractivity contribution >= 4 is 17.3 Å². The van der Waals surface area contributed by atoms with Gasteiger partial charge in [-0.1, -0.05) is 60.7 Å². The fourth-order valence-electron chi connectivity index (χ4n) is 4.97. The number of benzene rings is 3. The summed E-state index contributed by atoms with van der Waals surface area (Å²) in [5.41, 5.74) is 7.48. The summed E-state index contributed by atoms with van der Waals surface area (Å²) in [5, 5.41) is 0. The topological polar surface area (TPSA) is 26.8 Å². The van der Waals surface area contributed by atoms with Gasteiger partial charge in [0.1, 0.15) is 0 Å². The molecule has 2 aliphatic rings. The van der Waals surface area contributed by atoms with Crippen LogP contribution in [0.15, 0.2) is 85.1 Å². The third-order valence-electron chi connectivity index (χ3n) is 6.88. The predicted octanol–water partition coefficient (Wildman–Crippen LogP) is 5.35. The van der Waals surface area contributed by atoms with Crippen LogP contribution in [0, 0.1) is 6.92 Å². The maximum Gasteiger partial charge on any atom is 0.227 e. The largest absolute Gasteiger partial charge is 0.374 e. The molecule has 0 aromatic heterocycles. The van der Waals surface area contributed by atoms with E-state index in [2.05, 4.69) is 83.6 Å². The fraction of sp³-hybridized carbons (Fsp3) is 0.300. The van der Waals surface area contributed by atoms with Gasteiger partial charge in [-0.05, 0) is 66.4 Å². The van der Waals surface area contributed by atoms with Gasteiger partial charge in [0.2, 0.25) is 5.91 Å². The molecular weight excluding hydrogens is 418 g/mol. The van der Waals surface area contributed by atoms with Crippen molar-refractivity contribution in [2.45, 2.75) is 32.7 Å². The zero-order valence-corrected chi connectivity index (χ0v) is 20.0. The molecule has 4 nitrogen and oxygen atoms in total. The van der Waals surface area contributed by atoms with Crippen molar-refractivity contribution in [3.8, 4) is 0 Å². The van der Waals surface area contributed by atoms with Gasteiger partial charge in [-0.15, -0.1) is 0 Å². The minimum Gasteiger partial charge on any atom is -0.374 e. The minimum atomic E-state index is 0.216. The highest BCUT2D eigenvalue weighted by Gasteiger charge is 2.24. The maximum absolute atomic E-state index is 12.6. The summed E-state index contributed by atoms with van der Waals surface area (Å²) in [6.07, 6.45) is 6.87. The lowest BCUT2D eigenvalue weighted by Gasteiger charge is -2.35. The zero-order chi connectivity index (χ0) is 23.3. The summed E-state index contributed by atoms with van der Waals surface area (Å²) >= 11 is 0. The Bertz CT molecular complexity index is 1160. The molecule has 4 heteroatoms. The molecule has 1 saturated heterocycles. The molecule has 0 aliphatic carbocycles. The number of carbonyl (C=O) groups is 1. The van der Waals surface area contributed by atoms with E-state index in [-0.39, 0.29) is 5.91 Å². The van der Waals surface area contributed by atoms with Gasteiger partial charge in [0.15, 0.2) is 0 Å². The summed E-state index contributed by atoms with van der Waals surface area (Å²) in [5.74, 6) is 0.216. The van der Waals surface area contributed by atoms with Crippen LogP contribution in [0.2, 0.25) is 0 Å². The minimum absolute atomic E-state index is 0.216. The van der Waals surface area contributed by atoms with Crippen LogP contribution >= 0.6 is 0 Å². The number of fused-ring (bicyclic) bond motifs is 1. The highest BCUT2D eigenvalue weighted by molar-refractivity contribution is 5.96. The predicted molar refractivity (Wildman–Crippen MR) is 140 cm³/mol. The lowest BCUT2D eigenvalue weighted by Crippen LogP contribution is -2.44. The number of anilines is 2. The highest BCUT2D eigenvalue weighted by Crippen LogP contribution is 2.30. The van der Waals surface area contributed by atoms with Crippen LogP contribution in [0.4, 0.5) is 11.4 Å². The van der Waals surface area contributed by atoms with Crippen LogP contribution in [0.3, 0.4) is 0 Å². The molecule has 174 valence electrons. The molecule has 2 aliphatic heterocycles. The number of allylic oxidation sites excluding steroid dienone is 1. The van der Waals surface area contributed by atoms with Crippen LogP contribution in [-0.2, 0) is 24.2 Å². The van der Waals surface area contributed by atoms with Crippen molar-refractivity contribution in [3.05, 3.63) is 107 Å². The Balaban J connectivity index is 1.18. The van der Waals surface area contributed by atoms with E-state index in [1.165, 1.54) is 27.9 Å². The Morgan fingerprint density at radius 1 is 0.824 bits per heavy atom. The average molecular weight is 452 g/mol. The quantitative estimate of drug-likeness (QED) is 0.505. The molecule has 2 heterocycles. The average Bonchev–Trinajstić information content (AvgIpc) is 2.87. The van der Waals surface area contributed by atoms with Crippen molar-refractivity contribution < 1.29 is 4.79 Å². The van der Waals surface area contributed by atoms with E-state index in [9.17, 15) is 4.79 Å². The van der Waals surface area contributed by atoms with E-state index >= 15 is 0 Å². The van der Waals surface area contributed by atoms with Gasteiger partial charge in [0.25, 0.3) is 0 Å². The first-order valence-electron chi connectivity index (χ1n) is 12.3. The van der Waals surface area contributed by atoms with E-state index in [0.29, 0.717) is 13.0 Å². The van der Waals surface area contributed by atoms with Crippen molar-refractivity contribution in [2.75, 3.05) is 36.0 Å². The fourth-order valence-corrected chi connectivity index (χ4v) is 4.97. The second-order valence-corrected chi connectivity index (χ2v) is 9.38. The number of nitrogens with zero attached hydrogens (tertiary/aromatic N) is 3. The molecule has 0 spiro atoms. The molecule has 0 unspecified atom stereocenters.